The highest BCUT2D eigenvalue weighted by Gasteiger charge is 2.37. The van der Waals surface area contributed by atoms with Crippen LogP contribution < -0.4 is 10.6 Å². The Morgan fingerprint density at radius 3 is 2.03 bits per heavy atom. The number of fused-ring (bicyclic) bond motifs is 9. The zero-order chi connectivity index (χ0) is 42.7. The second-order valence-corrected chi connectivity index (χ2v) is 17.2. The summed E-state index contributed by atoms with van der Waals surface area (Å²) in [6.45, 7) is 9.80. The molecule has 1 heterocycles. The highest BCUT2D eigenvalue weighted by molar-refractivity contribution is 6.13. The average Bonchev–Trinajstić information content (AvgIpc) is 3.58. The monoisotopic (exact) mass is 810 g/mol. The van der Waals surface area contributed by atoms with E-state index in [4.69, 9.17) is 22.3 Å². The van der Waals surface area contributed by atoms with Crippen LogP contribution in [-0.2, 0) is 11.8 Å². The molecule has 9 aromatic rings. The van der Waals surface area contributed by atoms with Gasteiger partial charge in [0.05, 0.1) is 5.69 Å². The van der Waals surface area contributed by atoms with Crippen molar-refractivity contribution in [3.8, 4) is 22.3 Å². The number of anilines is 1. The average molecular weight is 811 g/mol. The summed E-state index contributed by atoms with van der Waals surface area (Å²) in [7, 11) is 0. The molecule has 1 aliphatic heterocycles. The van der Waals surface area contributed by atoms with Crippen LogP contribution in [0.2, 0.25) is 0 Å². The number of hydrogen-bond donors (Lipinski definition) is 1. The van der Waals surface area contributed by atoms with Crippen molar-refractivity contribution < 1.29 is 0 Å². The quantitative estimate of drug-likeness (QED) is 0.139. The smallest absolute Gasteiger partial charge is 0.158 e. The van der Waals surface area contributed by atoms with Crippen LogP contribution in [0.5, 0.6) is 0 Å². The standard InChI is InChI=1S/C59H46N4/c1-38-49-23-10-8-16-41(49)20-12-21-43-22-13-25-51(46-31-32-53-52(36-46)55-50-24-11-9-17-42(50)30-33-54(55)59(53,2)3)56(43)63(38)37-61-58(48-29-27-40-15-5-7-19-45(40)35-48)62-57(60)47-28-26-39-14-4-6-18-44(39)34-47/h4-20,22-36H,1,21,37H2,2-3H3,(H2,60,61,62)/b20-12-. The first-order valence-electron chi connectivity index (χ1n) is 21.7. The molecule has 0 bridgehead atoms. The molecule has 0 atom stereocenters. The predicted molar refractivity (Wildman–Crippen MR) is 268 cm³/mol. The summed E-state index contributed by atoms with van der Waals surface area (Å²) >= 11 is 0. The van der Waals surface area contributed by atoms with Gasteiger partial charge < -0.3 is 10.6 Å². The van der Waals surface area contributed by atoms with Gasteiger partial charge in [0.15, 0.2) is 5.84 Å². The number of nitrogens with zero attached hydrogens (tertiary/aromatic N) is 3. The number of hydrogen-bond acceptors (Lipinski definition) is 2. The summed E-state index contributed by atoms with van der Waals surface area (Å²) in [4.78, 5) is 12.9. The highest BCUT2D eigenvalue weighted by atomic mass is 15.2. The minimum Gasteiger partial charge on any atom is -0.383 e. The molecular formula is C59H46N4. The van der Waals surface area contributed by atoms with Crippen LogP contribution >= 0.6 is 0 Å². The van der Waals surface area contributed by atoms with Gasteiger partial charge in [0.2, 0.25) is 0 Å². The molecule has 0 radical (unpaired) electrons. The molecule has 0 saturated carbocycles. The summed E-state index contributed by atoms with van der Waals surface area (Å²) in [5, 5.41) is 7.05. The van der Waals surface area contributed by atoms with Crippen molar-refractivity contribution in [1.82, 2.24) is 0 Å². The lowest BCUT2D eigenvalue weighted by Gasteiger charge is -2.30. The first kappa shape index (κ1) is 38.1. The molecule has 0 unspecified atom stereocenters. The Hall–Kier alpha value is -7.82. The number of allylic oxidation sites excluding steroid dienone is 1. The number of nitrogens with two attached hydrogens (primary N) is 1. The molecule has 2 N–H and O–H groups in total. The van der Waals surface area contributed by atoms with Crippen LogP contribution in [0.1, 0.15) is 52.8 Å². The minimum atomic E-state index is -0.130. The molecule has 0 amide bonds. The van der Waals surface area contributed by atoms with Crippen LogP contribution in [0.3, 0.4) is 0 Å². The van der Waals surface area contributed by atoms with Gasteiger partial charge in [-0.3, -0.25) is 0 Å². The second kappa shape index (κ2) is 15.3. The van der Waals surface area contributed by atoms with Crippen molar-refractivity contribution in [3.05, 3.63) is 234 Å². The van der Waals surface area contributed by atoms with Crippen LogP contribution in [0.4, 0.5) is 5.69 Å². The van der Waals surface area contributed by atoms with E-state index in [9.17, 15) is 0 Å². The van der Waals surface area contributed by atoms with Crippen molar-refractivity contribution in [2.45, 2.75) is 25.7 Å². The topological polar surface area (TPSA) is 54.0 Å². The summed E-state index contributed by atoms with van der Waals surface area (Å²) in [5.41, 5.74) is 21.4. The van der Waals surface area contributed by atoms with Gasteiger partial charge in [-0.15, -0.1) is 0 Å². The Labute approximate surface area is 368 Å². The molecule has 0 aromatic heterocycles. The van der Waals surface area contributed by atoms with Crippen molar-refractivity contribution in [3.63, 3.8) is 0 Å². The Bertz CT molecular complexity index is 3420. The molecule has 9 aromatic carbocycles. The SMILES string of the molecule is C=C1c2ccccc2/C=C\Cc2cccc(-c3ccc4c(c3)-c3c(ccc5ccccc35)C4(C)C)c2N1C/N=C(\N=C(N)c1ccc2ccccc2c1)c1ccc2ccccc2c1. The lowest BCUT2D eigenvalue weighted by atomic mass is 9.81. The predicted octanol–water partition coefficient (Wildman–Crippen LogP) is 14.0. The maximum absolute atomic E-state index is 6.94. The van der Waals surface area contributed by atoms with Gasteiger partial charge >= 0.3 is 0 Å². The highest BCUT2D eigenvalue weighted by Crippen LogP contribution is 2.53. The van der Waals surface area contributed by atoms with Gasteiger partial charge in [0, 0.05) is 33.4 Å². The lowest BCUT2D eigenvalue weighted by molar-refractivity contribution is 0.661. The Balaban J connectivity index is 1.10. The van der Waals surface area contributed by atoms with Gasteiger partial charge in [-0.1, -0.05) is 196 Å². The molecule has 4 nitrogen and oxygen atoms in total. The van der Waals surface area contributed by atoms with Crippen molar-refractivity contribution >= 4 is 61.4 Å². The number of rotatable bonds is 5. The van der Waals surface area contributed by atoms with E-state index in [1.54, 1.807) is 0 Å². The third-order valence-corrected chi connectivity index (χ3v) is 13.1. The van der Waals surface area contributed by atoms with Crippen LogP contribution in [0.15, 0.2) is 205 Å². The third kappa shape index (κ3) is 6.63. The summed E-state index contributed by atoms with van der Waals surface area (Å²) in [6, 6.07) is 64.9. The fourth-order valence-corrected chi connectivity index (χ4v) is 9.84. The first-order valence-corrected chi connectivity index (χ1v) is 21.7. The molecule has 302 valence electrons. The van der Waals surface area contributed by atoms with Gasteiger partial charge in [-0.05, 0) is 95.9 Å². The van der Waals surface area contributed by atoms with Gasteiger partial charge in [0.25, 0.3) is 0 Å². The summed E-state index contributed by atoms with van der Waals surface area (Å²) in [6.07, 6.45) is 5.23. The van der Waals surface area contributed by atoms with Gasteiger partial charge in [-0.2, -0.15) is 0 Å². The van der Waals surface area contributed by atoms with Crippen molar-refractivity contribution in [2.75, 3.05) is 11.6 Å². The fraction of sp³-hybridized carbons (Fsp3) is 0.0847. The molecular weight excluding hydrogens is 765 g/mol. The van der Waals surface area contributed by atoms with Crippen LogP contribution in [-0.4, -0.2) is 18.3 Å². The molecule has 0 saturated heterocycles. The maximum atomic E-state index is 6.94. The van der Waals surface area contributed by atoms with Gasteiger partial charge in [-0.25, -0.2) is 9.98 Å². The lowest BCUT2D eigenvalue weighted by Crippen LogP contribution is -2.25. The summed E-state index contributed by atoms with van der Waals surface area (Å²) < 4.78 is 0. The zero-order valence-corrected chi connectivity index (χ0v) is 35.5. The molecule has 0 spiro atoms. The van der Waals surface area contributed by atoms with Crippen LogP contribution in [0.25, 0.3) is 66.3 Å². The van der Waals surface area contributed by atoms with E-state index in [-0.39, 0.29) is 12.1 Å². The van der Waals surface area contributed by atoms with Crippen molar-refractivity contribution in [2.24, 2.45) is 15.7 Å². The second-order valence-electron chi connectivity index (χ2n) is 17.2. The molecule has 11 rings (SSSR count). The van der Waals surface area contributed by atoms with E-state index in [1.807, 2.05) is 12.1 Å². The van der Waals surface area contributed by atoms with Gasteiger partial charge in [0.1, 0.15) is 12.5 Å². The molecule has 63 heavy (non-hydrogen) atoms. The fourth-order valence-electron chi connectivity index (χ4n) is 9.84. The normalized spacial score (nSPS) is 15.0. The summed E-state index contributed by atoms with van der Waals surface area (Å²) in [5.74, 6) is 0.952. The molecule has 1 aliphatic carbocycles. The number of para-hydroxylation sites is 1. The van der Waals surface area contributed by atoms with Crippen LogP contribution in [0, 0.1) is 0 Å². The molecule has 2 aliphatic rings. The molecule has 0 fully saturated rings. The number of amidine groups is 2. The molecule has 4 heteroatoms. The number of aliphatic imine (C=N–C) groups is 2. The third-order valence-electron chi connectivity index (χ3n) is 13.1. The van der Waals surface area contributed by atoms with E-state index in [0.717, 1.165) is 72.7 Å². The van der Waals surface area contributed by atoms with E-state index >= 15 is 0 Å². The maximum Gasteiger partial charge on any atom is 0.158 e. The Morgan fingerprint density at radius 1 is 0.603 bits per heavy atom. The number of benzene rings is 9. The van der Waals surface area contributed by atoms with E-state index in [0.29, 0.717) is 11.7 Å². The van der Waals surface area contributed by atoms with E-state index in [1.165, 1.54) is 38.6 Å². The largest absolute Gasteiger partial charge is 0.383 e. The Morgan fingerprint density at radius 2 is 1.24 bits per heavy atom. The Kier molecular flexibility index (Phi) is 9.24. The van der Waals surface area contributed by atoms with Crippen molar-refractivity contribution in [1.29, 1.82) is 0 Å². The first-order chi connectivity index (χ1) is 30.8. The zero-order valence-electron chi connectivity index (χ0n) is 35.5. The minimum absolute atomic E-state index is 0.130. The van der Waals surface area contributed by atoms with E-state index < -0.39 is 0 Å². The van der Waals surface area contributed by atoms with E-state index in [2.05, 4.69) is 201 Å².